The van der Waals surface area contributed by atoms with Crippen LogP contribution in [-0.2, 0) is 14.3 Å². The van der Waals surface area contributed by atoms with Gasteiger partial charge in [0.2, 0.25) is 0 Å². The lowest BCUT2D eigenvalue weighted by atomic mass is 10.0. The van der Waals surface area contributed by atoms with E-state index in [-0.39, 0.29) is 18.0 Å². The zero-order chi connectivity index (χ0) is 23.9. The lowest BCUT2D eigenvalue weighted by Crippen LogP contribution is -2.47. The molecule has 1 aliphatic carbocycles. The first kappa shape index (κ1) is 25.5. The van der Waals surface area contributed by atoms with E-state index in [2.05, 4.69) is 9.80 Å². The first-order chi connectivity index (χ1) is 16.5. The number of rotatable bonds is 11. The molecule has 4 rings (SSSR count). The van der Waals surface area contributed by atoms with Crippen molar-refractivity contribution >= 4 is 29.2 Å². The van der Waals surface area contributed by atoms with Crippen LogP contribution in [0, 0.1) is 11.8 Å². The molecule has 0 amide bonds. The topological polar surface area (TPSA) is 42.0 Å². The van der Waals surface area contributed by atoms with Gasteiger partial charge in [0.05, 0.1) is 12.5 Å². The van der Waals surface area contributed by atoms with Crippen molar-refractivity contribution in [3.8, 4) is 0 Å². The van der Waals surface area contributed by atoms with Crippen LogP contribution in [0.3, 0.4) is 0 Å². The summed E-state index contributed by atoms with van der Waals surface area (Å²) in [5.41, 5.74) is 2.17. The van der Waals surface area contributed by atoms with Crippen molar-refractivity contribution in [3.05, 3.63) is 69.7 Å². The first-order valence-electron chi connectivity index (χ1n) is 12.3. The molecule has 0 bridgehead atoms. The molecule has 34 heavy (non-hydrogen) atoms. The van der Waals surface area contributed by atoms with Gasteiger partial charge in [-0.05, 0) is 61.1 Å². The molecule has 2 fully saturated rings. The minimum atomic E-state index is -0.141. The Morgan fingerprint density at radius 3 is 2.06 bits per heavy atom. The highest BCUT2D eigenvalue weighted by Crippen LogP contribution is 2.40. The van der Waals surface area contributed by atoms with Crippen LogP contribution < -0.4 is 0 Å². The lowest BCUT2D eigenvalue weighted by Gasteiger charge is -2.34. The minimum Gasteiger partial charge on any atom is -0.466 e. The van der Waals surface area contributed by atoms with Gasteiger partial charge in [-0.1, -0.05) is 47.5 Å². The maximum Gasteiger partial charge on any atom is 0.309 e. The molecule has 184 valence electrons. The molecule has 1 heterocycles. The third-order valence-corrected chi connectivity index (χ3v) is 7.22. The molecule has 2 aliphatic rings. The standard InChI is InChI=1S/C27H34Cl2N2O3/c1-2-33-27(32)25-18-22(25)19-31-15-13-30(14-16-31)12-3-17-34-26(20-4-8-23(28)9-5-20)21-6-10-24(29)11-7-21/h4-11,22,25-26H,2-3,12-19H2,1H3/t22-,25-/m0/s1. The molecule has 0 radical (unpaired) electrons. The van der Waals surface area contributed by atoms with Crippen molar-refractivity contribution in [1.82, 2.24) is 9.80 Å². The molecule has 2 aromatic carbocycles. The molecule has 7 heteroatoms. The highest BCUT2D eigenvalue weighted by atomic mass is 35.5. The Kier molecular flexibility index (Phi) is 9.26. The first-order valence-corrected chi connectivity index (χ1v) is 13.0. The summed E-state index contributed by atoms with van der Waals surface area (Å²) in [6.45, 7) is 9.32. The van der Waals surface area contributed by atoms with Gasteiger partial charge in [0.15, 0.2) is 0 Å². The summed E-state index contributed by atoms with van der Waals surface area (Å²) in [7, 11) is 0. The summed E-state index contributed by atoms with van der Waals surface area (Å²) in [4.78, 5) is 16.8. The Labute approximate surface area is 212 Å². The van der Waals surface area contributed by atoms with E-state index < -0.39 is 0 Å². The van der Waals surface area contributed by atoms with Gasteiger partial charge < -0.3 is 19.3 Å². The zero-order valence-electron chi connectivity index (χ0n) is 19.8. The van der Waals surface area contributed by atoms with Crippen molar-refractivity contribution in [2.24, 2.45) is 11.8 Å². The van der Waals surface area contributed by atoms with Crippen LogP contribution in [0.2, 0.25) is 10.0 Å². The Bertz CT molecular complexity index is 869. The van der Waals surface area contributed by atoms with E-state index in [1.165, 1.54) is 0 Å². The maximum atomic E-state index is 11.8. The van der Waals surface area contributed by atoms with E-state index >= 15 is 0 Å². The van der Waals surface area contributed by atoms with Gasteiger partial charge in [-0.25, -0.2) is 0 Å². The average Bonchev–Trinajstić information content (AvgIpc) is 3.61. The van der Waals surface area contributed by atoms with E-state index in [0.717, 1.165) is 73.3 Å². The number of carbonyl (C=O) groups excluding carboxylic acids is 1. The average molecular weight is 505 g/mol. The van der Waals surface area contributed by atoms with Gasteiger partial charge in [0.1, 0.15) is 6.10 Å². The minimum absolute atomic E-state index is 0.0124. The number of nitrogens with zero attached hydrogens (tertiary/aromatic N) is 2. The summed E-state index contributed by atoms with van der Waals surface area (Å²) >= 11 is 12.2. The Balaban J connectivity index is 1.19. The largest absolute Gasteiger partial charge is 0.466 e. The summed E-state index contributed by atoms with van der Waals surface area (Å²) < 4.78 is 11.5. The van der Waals surface area contributed by atoms with Crippen molar-refractivity contribution in [2.45, 2.75) is 25.9 Å². The second-order valence-electron chi connectivity index (χ2n) is 9.20. The van der Waals surface area contributed by atoms with Gasteiger partial charge in [0.25, 0.3) is 0 Å². The van der Waals surface area contributed by atoms with Gasteiger partial charge in [-0.3, -0.25) is 4.79 Å². The summed E-state index contributed by atoms with van der Waals surface area (Å²) in [5, 5.41) is 1.44. The third-order valence-electron chi connectivity index (χ3n) is 6.72. The lowest BCUT2D eigenvalue weighted by molar-refractivity contribution is -0.145. The Hall–Kier alpha value is -1.63. The van der Waals surface area contributed by atoms with E-state index in [4.69, 9.17) is 32.7 Å². The van der Waals surface area contributed by atoms with E-state index in [1.54, 1.807) is 0 Å². The molecule has 5 nitrogen and oxygen atoms in total. The number of hydrogen-bond donors (Lipinski definition) is 0. The summed E-state index contributed by atoms with van der Waals surface area (Å²) in [6.07, 6.45) is 1.82. The number of piperazine rings is 1. The molecular weight excluding hydrogens is 471 g/mol. The van der Waals surface area contributed by atoms with Crippen LogP contribution in [0.15, 0.2) is 48.5 Å². The second kappa shape index (κ2) is 12.4. The second-order valence-corrected chi connectivity index (χ2v) is 10.1. The van der Waals surface area contributed by atoms with Gasteiger partial charge in [-0.2, -0.15) is 0 Å². The fourth-order valence-electron chi connectivity index (χ4n) is 4.66. The fraction of sp³-hybridized carbons (Fsp3) is 0.519. The van der Waals surface area contributed by atoms with E-state index in [9.17, 15) is 4.79 Å². The molecule has 0 spiro atoms. The van der Waals surface area contributed by atoms with Crippen LogP contribution in [0.1, 0.15) is 37.0 Å². The quantitative estimate of drug-likeness (QED) is 0.306. The molecule has 1 saturated carbocycles. The van der Waals surface area contributed by atoms with Gasteiger partial charge in [-0.15, -0.1) is 0 Å². The molecule has 2 atom stereocenters. The van der Waals surface area contributed by atoms with Crippen LogP contribution in [-0.4, -0.2) is 68.3 Å². The number of carbonyl (C=O) groups is 1. The van der Waals surface area contributed by atoms with Crippen molar-refractivity contribution in [1.29, 1.82) is 0 Å². The third kappa shape index (κ3) is 7.19. The van der Waals surface area contributed by atoms with E-state index in [1.807, 2.05) is 55.5 Å². The highest BCUT2D eigenvalue weighted by Gasteiger charge is 2.44. The number of benzene rings is 2. The monoisotopic (exact) mass is 504 g/mol. The fourth-order valence-corrected chi connectivity index (χ4v) is 4.92. The maximum absolute atomic E-state index is 11.8. The van der Waals surface area contributed by atoms with Crippen molar-refractivity contribution in [2.75, 3.05) is 52.5 Å². The van der Waals surface area contributed by atoms with Gasteiger partial charge in [0, 0.05) is 55.9 Å². The Morgan fingerprint density at radius 2 is 1.50 bits per heavy atom. The van der Waals surface area contributed by atoms with E-state index in [0.29, 0.717) is 19.1 Å². The summed E-state index contributed by atoms with van der Waals surface area (Å²) in [5.74, 6) is 0.600. The SMILES string of the molecule is CCOC(=O)[C@H]1C[C@H]1CN1CCN(CCCOC(c2ccc(Cl)cc2)c2ccc(Cl)cc2)CC1. The smallest absolute Gasteiger partial charge is 0.309 e. The number of esters is 1. The molecule has 1 saturated heterocycles. The Morgan fingerprint density at radius 1 is 0.941 bits per heavy atom. The molecular formula is C27H34Cl2N2O3. The number of hydrogen-bond acceptors (Lipinski definition) is 5. The van der Waals surface area contributed by atoms with Gasteiger partial charge >= 0.3 is 5.97 Å². The molecule has 0 unspecified atom stereocenters. The highest BCUT2D eigenvalue weighted by molar-refractivity contribution is 6.30. The van der Waals surface area contributed by atoms with Crippen LogP contribution >= 0.6 is 23.2 Å². The predicted molar refractivity (Wildman–Crippen MR) is 136 cm³/mol. The predicted octanol–water partition coefficient (Wildman–Crippen LogP) is 5.31. The molecule has 0 aromatic heterocycles. The van der Waals surface area contributed by atoms with Crippen LogP contribution in [0.25, 0.3) is 0 Å². The van der Waals surface area contributed by atoms with Crippen LogP contribution in [0.5, 0.6) is 0 Å². The zero-order valence-corrected chi connectivity index (χ0v) is 21.3. The number of ether oxygens (including phenoxy) is 2. The normalized spacial score (nSPS) is 21.1. The van der Waals surface area contributed by atoms with Crippen molar-refractivity contribution in [3.63, 3.8) is 0 Å². The molecule has 1 aliphatic heterocycles. The van der Waals surface area contributed by atoms with Crippen molar-refractivity contribution < 1.29 is 14.3 Å². The van der Waals surface area contributed by atoms with Crippen LogP contribution in [0.4, 0.5) is 0 Å². The number of halogens is 2. The molecule has 0 N–H and O–H groups in total. The molecule has 2 aromatic rings. The summed E-state index contributed by atoms with van der Waals surface area (Å²) in [6, 6.07) is 15.7.